The molecule has 0 aliphatic rings. The highest BCUT2D eigenvalue weighted by Crippen LogP contribution is 1.99. The molecule has 0 heterocycles. The Hall–Kier alpha value is -2.08. The highest BCUT2D eigenvalue weighted by molar-refractivity contribution is 5.97. The van der Waals surface area contributed by atoms with E-state index >= 15 is 0 Å². The largest absolute Gasteiger partial charge is 0.452 e. The van der Waals surface area contributed by atoms with Crippen LogP contribution in [-0.2, 0) is 14.3 Å². The topological polar surface area (TPSA) is 43.4 Å². The molecule has 0 spiro atoms. The molecule has 0 radical (unpaired) electrons. The smallest absolute Gasteiger partial charge is 0.317 e. The second-order valence-corrected chi connectivity index (χ2v) is 3.61. The van der Waals surface area contributed by atoms with Crippen molar-refractivity contribution in [3.8, 4) is 11.8 Å². The molecule has 88 valence electrons. The Balaban J connectivity index is 2.41. The van der Waals surface area contributed by atoms with E-state index in [1.54, 1.807) is 0 Å². The molecule has 0 amide bonds. The van der Waals surface area contributed by atoms with Crippen molar-refractivity contribution < 1.29 is 14.3 Å². The average molecular weight is 230 g/mol. The van der Waals surface area contributed by atoms with Crippen LogP contribution in [0.3, 0.4) is 0 Å². The summed E-state index contributed by atoms with van der Waals surface area (Å²) in [4.78, 5) is 22.2. The minimum Gasteiger partial charge on any atom is -0.452 e. The molecule has 0 bridgehead atoms. The van der Waals surface area contributed by atoms with Crippen LogP contribution in [-0.4, -0.2) is 18.4 Å². The maximum Gasteiger partial charge on any atom is 0.317 e. The van der Waals surface area contributed by atoms with Crippen LogP contribution >= 0.6 is 0 Å². The monoisotopic (exact) mass is 230 g/mol. The number of benzene rings is 1. The number of Topliss-reactive ketones (excluding diaryl/α,β-unsaturated/α-hetero) is 1. The Bertz CT molecular complexity index is 451. The molecule has 3 nitrogen and oxygen atoms in total. The molecule has 17 heavy (non-hydrogen) atoms. The zero-order valence-corrected chi connectivity index (χ0v) is 9.90. The van der Waals surface area contributed by atoms with Crippen LogP contribution < -0.4 is 0 Å². The number of carbonyl (C=O) groups is 2. The van der Waals surface area contributed by atoms with Crippen LogP contribution in [0.25, 0.3) is 0 Å². The fourth-order valence-electron chi connectivity index (χ4n) is 1.06. The van der Waals surface area contributed by atoms with Gasteiger partial charge < -0.3 is 4.74 Å². The summed E-state index contributed by atoms with van der Waals surface area (Å²) in [5.74, 6) is 4.13. The molecular formula is C14H14O3. The van der Waals surface area contributed by atoms with Crippen LogP contribution in [0, 0.1) is 17.8 Å². The van der Waals surface area contributed by atoms with Crippen LogP contribution in [0.5, 0.6) is 0 Å². The number of rotatable bonds is 3. The van der Waals surface area contributed by atoms with Crippen molar-refractivity contribution in [3.05, 3.63) is 35.9 Å². The lowest BCUT2D eigenvalue weighted by molar-refractivity contribution is -0.149. The Morgan fingerprint density at radius 3 is 2.53 bits per heavy atom. The molecule has 1 unspecified atom stereocenters. The maximum atomic E-state index is 11.3. The van der Waals surface area contributed by atoms with Crippen molar-refractivity contribution in [2.75, 3.05) is 6.61 Å². The van der Waals surface area contributed by atoms with Crippen molar-refractivity contribution in [2.45, 2.75) is 13.8 Å². The molecule has 1 aromatic rings. The molecule has 3 heteroatoms. The van der Waals surface area contributed by atoms with E-state index in [4.69, 9.17) is 4.74 Å². The summed E-state index contributed by atoms with van der Waals surface area (Å²) in [5.41, 5.74) is 0.864. The van der Waals surface area contributed by atoms with E-state index in [1.165, 1.54) is 13.8 Å². The zero-order valence-electron chi connectivity index (χ0n) is 9.90. The number of ether oxygens (including phenoxy) is 1. The SMILES string of the molecule is CC(=O)C(C)C(=O)OCC#Cc1ccccc1. The van der Waals surface area contributed by atoms with Crippen molar-refractivity contribution in [2.24, 2.45) is 5.92 Å². The van der Waals surface area contributed by atoms with Crippen LogP contribution in [0.2, 0.25) is 0 Å². The van der Waals surface area contributed by atoms with Gasteiger partial charge in [0.2, 0.25) is 0 Å². The lowest BCUT2D eigenvalue weighted by atomic mass is 10.1. The molecule has 0 aromatic heterocycles. The molecule has 0 fully saturated rings. The van der Waals surface area contributed by atoms with E-state index in [-0.39, 0.29) is 12.4 Å². The van der Waals surface area contributed by atoms with Gasteiger partial charge in [0.05, 0.1) is 0 Å². The summed E-state index contributed by atoms with van der Waals surface area (Å²) < 4.78 is 4.85. The Morgan fingerprint density at radius 1 is 1.29 bits per heavy atom. The van der Waals surface area contributed by atoms with Crippen molar-refractivity contribution in [3.63, 3.8) is 0 Å². The van der Waals surface area contributed by atoms with E-state index in [0.717, 1.165) is 5.56 Å². The van der Waals surface area contributed by atoms with Crippen molar-refractivity contribution in [1.82, 2.24) is 0 Å². The van der Waals surface area contributed by atoms with Gasteiger partial charge in [-0.1, -0.05) is 30.0 Å². The first-order valence-electron chi connectivity index (χ1n) is 5.32. The number of esters is 1. The van der Waals surface area contributed by atoms with Gasteiger partial charge in [0.15, 0.2) is 6.61 Å². The zero-order chi connectivity index (χ0) is 12.7. The summed E-state index contributed by atoms with van der Waals surface area (Å²) in [6, 6.07) is 9.40. The van der Waals surface area contributed by atoms with E-state index < -0.39 is 11.9 Å². The van der Waals surface area contributed by atoms with Crippen molar-refractivity contribution in [1.29, 1.82) is 0 Å². The van der Waals surface area contributed by atoms with E-state index in [2.05, 4.69) is 11.8 Å². The molecular weight excluding hydrogens is 216 g/mol. The lowest BCUT2D eigenvalue weighted by Crippen LogP contribution is -2.21. The standard InChI is InChI=1S/C14H14O3/c1-11(12(2)15)14(16)17-10-6-9-13-7-4-3-5-8-13/h3-5,7-8,11H,10H2,1-2H3. The number of hydrogen-bond donors (Lipinski definition) is 0. The third-order valence-electron chi connectivity index (χ3n) is 2.26. The van der Waals surface area contributed by atoms with Gasteiger partial charge in [-0.05, 0) is 26.0 Å². The Morgan fingerprint density at radius 2 is 1.94 bits per heavy atom. The molecule has 1 aromatic carbocycles. The molecule has 1 rings (SSSR count). The van der Waals surface area contributed by atoms with Gasteiger partial charge in [0, 0.05) is 5.56 Å². The summed E-state index contributed by atoms with van der Waals surface area (Å²) in [7, 11) is 0. The van der Waals surface area contributed by atoms with Gasteiger partial charge in [-0.15, -0.1) is 0 Å². The first-order valence-corrected chi connectivity index (χ1v) is 5.32. The fourth-order valence-corrected chi connectivity index (χ4v) is 1.06. The Labute approximate surface area is 101 Å². The van der Waals surface area contributed by atoms with Crippen LogP contribution in [0.1, 0.15) is 19.4 Å². The summed E-state index contributed by atoms with van der Waals surface area (Å²) >= 11 is 0. The molecule has 1 atom stereocenters. The van der Waals surface area contributed by atoms with Gasteiger partial charge in [0.1, 0.15) is 11.7 Å². The van der Waals surface area contributed by atoms with E-state index in [0.29, 0.717) is 0 Å². The van der Waals surface area contributed by atoms with Crippen LogP contribution in [0.15, 0.2) is 30.3 Å². The first-order chi connectivity index (χ1) is 8.11. The quantitative estimate of drug-likeness (QED) is 0.452. The second-order valence-electron chi connectivity index (χ2n) is 3.61. The maximum absolute atomic E-state index is 11.3. The number of carbonyl (C=O) groups excluding carboxylic acids is 2. The normalized spacial score (nSPS) is 10.9. The highest BCUT2D eigenvalue weighted by Gasteiger charge is 2.18. The van der Waals surface area contributed by atoms with E-state index in [9.17, 15) is 9.59 Å². The average Bonchev–Trinajstić information content (AvgIpc) is 2.34. The van der Waals surface area contributed by atoms with Crippen molar-refractivity contribution >= 4 is 11.8 Å². The van der Waals surface area contributed by atoms with E-state index in [1.807, 2.05) is 30.3 Å². The van der Waals surface area contributed by atoms with Crippen LogP contribution in [0.4, 0.5) is 0 Å². The molecule has 0 saturated heterocycles. The predicted molar refractivity (Wildman–Crippen MR) is 64.1 cm³/mol. The highest BCUT2D eigenvalue weighted by atomic mass is 16.5. The molecule has 0 saturated carbocycles. The van der Waals surface area contributed by atoms with Gasteiger partial charge in [-0.25, -0.2) is 0 Å². The van der Waals surface area contributed by atoms with Gasteiger partial charge in [-0.3, -0.25) is 9.59 Å². The third-order valence-corrected chi connectivity index (χ3v) is 2.26. The first kappa shape index (κ1) is 13.0. The minimum absolute atomic E-state index is 0.00531. The Kier molecular flexibility index (Phi) is 4.96. The minimum atomic E-state index is -0.714. The van der Waals surface area contributed by atoms with Gasteiger partial charge in [0.25, 0.3) is 0 Å². The summed E-state index contributed by atoms with van der Waals surface area (Å²) in [5, 5.41) is 0. The lowest BCUT2D eigenvalue weighted by Gasteiger charge is -2.04. The van der Waals surface area contributed by atoms with Gasteiger partial charge in [-0.2, -0.15) is 0 Å². The molecule has 0 aliphatic heterocycles. The fraction of sp³-hybridized carbons (Fsp3) is 0.286. The second kappa shape index (κ2) is 6.49. The summed E-state index contributed by atoms with van der Waals surface area (Å²) in [6.07, 6.45) is 0. The van der Waals surface area contributed by atoms with Gasteiger partial charge >= 0.3 is 5.97 Å². The molecule has 0 aliphatic carbocycles. The molecule has 0 N–H and O–H groups in total. The summed E-state index contributed by atoms with van der Waals surface area (Å²) in [6.45, 7) is 2.89. The number of ketones is 1. The predicted octanol–water partition coefficient (Wildman–Crippen LogP) is 1.81. The number of hydrogen-bond acceptors (Lipinski definition) is 3. The third kappa shape index (κ3) is 4.52.